The lowest BCUT2D eigenvalue weighted by Gasteiger charge is -2.30. The van der Waals surface area contributed by atoms with Crippen LogP contribution in [0.5, 0.6) is 0 Å². The molecular formula is C16H24FN3. The van der Waals surface area contributed by atoms with Crippen molar-refractivity contribution in [1.82, 2.24) is 0 Å². The SMILES string of the molecule is CC(C)CN(CC(C)C)c1c(N)cc(CC#N)cc1F. The van der Waals surface area contributed by atoms with Gasteiger partial charge in [-0.25, -0.2) is 4.39 Å². The Balaban J connectivity index is 3.15. The van der Waals surface area contributed by atoms with Gasteiger partial charge >= 0.3 is 0 Å². The van der Waals surface area contributed by atoms with Crippen molar-refractivity contribution in [1.29, 1.82) is 5.26 Å². The molecule has 20 heavy (non-hydrogen) atoms. The van der Waals surface area contributed by atoms with E-state index in [4.69, 9.17) is 11.0 Å². The number of nitriles is 1. The number of rotatable bonds is 6. The van der Waals surface area contributed by atoms with Crippen LogP contribution in [0, 0.1) is 29.0 Å². The van der Waals surface area contributed by atoms with E-state index in [0.717, 1.165) is 13.1 Å². The lowest BCUT2D eigenvalue weighted by atomic mass is 10.1. The van der Waals surface area contributed by atoms with Crippen molar-refractivity contribution in [3.63, 3.8) is 0 Å². The Kier molecular flexibility index (Phi) is 5.82. The predicted octanol–water partition coefficient (Wildman–Crippen LogP) is 3.59. The quantitative estimate of drug-likeness (QED) is 0.808. The van der Waals surface area contributed by atoms with Gasteiger partial charge in [0, 0.05) is 13.1 Å². The molecule has 0 aliphatic carbocycles. The minimum absolute atomic E-state index is 0.176. The summed E-state index contributed by atoms with van der Waals surface area (Å²) in [6.45, 7) is 9.93. The Morgan fingerprint density at radius 3 is 2.15 bits per heavy atom. The van der Waals surface area contributed by atoms with Gasteiger partial charge in [-0.2, -0.15) is 5.26 Å². The molecule has 0 saturated carbocycles. The van der Waals surface area contributed by atoms with Crippen LogP contribution in [0.1, 0.15) is 33.3 Å². The van der Waals surface area contributed by atoms with Crippen molar-refractivity contribution in [3.05, 3.63) is 23.5 Å². The van der Waals surface area contributed by atoms with Gasteiger partial charge in [-0.15, -0.1) is 0 Å². The number of nitrogen functional groups attached to an aromatic ring is 1. The Morgan fingerprint density at radius 2 is 1.75 bits per heavy atom. The van der Waals surface area contributed by atoms with Crippen LogP contribution in [0.3, 0.4) is 0 Å². The zero-order valence-electron chi connectivity index (χ0n) is 12.8. The van der Waals surface area contributed by atoms with Crippen LogP contribution < -0.4 is 10.6 Å². The second-order valence-corrected chi connectivity index (χ2v) is 6.04. The zero-order valence-corrected chi connectivity index (χ0v) is 12.8. The normalized spacial score (nSPS) is 10.9. The van der Waals surface area contributed by atoms with Gasteiger partial charge < -0.3 is 10.6 Å². The summed E-state index contributed by atoms with van der Waals surface area (Å²) >= 11 is 0. The van der Waals surface area contributed by atoms with Gasteiger partial charge in [0.1, 0.15) is 5.82 Å². The Hall–Kier alpha value is -1.76. The highest BCUT2D eigenvalue weighted by Gasteiger charge is 2.18. The minimum Gasteiger partial charge on any atom is -0.397 e. The molecule has 1 aromatic carbocycles. The molecule has 1 aromatic rings. The maximum Gasteiger partial charge on any atom is 0.148 e. The van der Waals surface area contributed by atoms with E-state index in [-0.39, 0.29) is 12.2 Å². The fraction of sp³-hybridized carbons (Fsp3) is 0.562. The topological polar surface area (TPSA) is 53.0 Å². The molecule has 0 radical (unpaired) electrons. The van der Waals surface area contributed by atoms with Crippen molar-refractivity contribution in [3.8, 4) is 6.07 Å². The number of nitrogens with two attached hydrogens (primary N) is 1. The summed E-state index contributed by atoms with van der Waals surface area (Å²) in [5, 5.41) is 8.69. The molecule has 0 aromatic heterocycles. The molecule has 0 fully saturated rings. The van der Waals surface area contributed by atoms with E-state index in [2.05, 4.69) is 27.7 Å². The van der Waals surface area contributed by atoms with Gasteiger partial charge in [-0.3, -0.25) is 0 Å². The van der Waals surface area contributed by atoms with E-state index in [1.54, 1.807) is 6.07 Å². The maximum atomic E-state index is 14.4. The smallest absolute Gasteiger partial charge is 0.148 e. The second-order valence-electron chi connectivity index (χ2n) is 6.04. The van der Waals surface area contributed by atoms with E-state index >= 15 is 0 Å². The second kappa shape index (κ2) is 7.14. The maximum absolute atomic E-state index is 14.4. The van der Waals surface area contributed by atoms with Gasteiger partial charge in [0.05, 0.1) is 23.9 Å². The van der Waals surface area contributed by atoms with Gasteiger partial charge in [0.25, 0.3) is 0 Å². The van der Waals surface area contributed by atoms with Gasteiger partial charge in [0.15, 0.2) is 0 Å². The van der Waals surface area contributed by atoms with E-state index in [0.29, 0.717) is 28.8 Å². The van der Waals surface area contributed by atoms with Crippen LogP contribution in [-0.4, -0.2) is 13.1 Å². The molecule has 110 valence electrons. The third kappa shape index (κ3) is 4.41. The number of halogens is 1. The molecule has 0 bridgehead atoms. The number of hydrogen-bond acceptors (Lipinski definition) is 3. The largest absolute Gasteiger partial charge is 0.397 e. The third-order valence-electron chi connectivity index (χ3n) is 2.92. The van der Waals surface area contributed by atoms with Crippen LogP contribution in [0.25, 0.3) is 0 Å². The summed E-state index contributed by atoms with van der Waals surface area (Å²) < 4.78 is 14.4. The summed E-state index contributed by atoms with van der Waals surface area (Å²) in [5.74, 6) is 0.509. The first kappa shape index (κ1) is 16.3. The first-order valence-corrected chi connectivity index (χ1v) is 7.05. The highest BCUT2D eigenvalue weighted by molar-refractivity contribution is 5.69. The van der Waals surface area contributed by atoms with Gasteiger partial charge in [-0.1, -0.05) is 27.7 Å². The van der Waals surface area contributed by atoms with Crippen LogP contribution in [0.15, 0.2) is 12.1 Å². The highest BCUT2D eigenvalue weighted by atomic mass is 19.1. The van der Waals surface area contributed by atoms with E-state index in [9.17, 15) is 4.39 Å². The molecular weight excluding hydrogens is 253 g/mol. The average molecular weight is 277 g/mol. The molecule has 0 spiro atoms. The van der Waals surface area contributed by atoms with Gasteiger partial charge in [-0.05, 0) is 29.5 Å². The molecule has 0 amide bonds. The summed E-state index contributed by atoms with van der Waals surface area (Å²) in [6, 6.07) is 5.14. The van der Waals surface area contributed by atoms with Crippen molar-refractivity contribution in [2.45, 2.75) is 34.1 Å². The van der Waals surface area contributed by atoms with Crippen LogP contribution in [0.4, 0.5) is 15.8 Å². The first-order valence-electron chi connectivity index (χ1n) is 7.05. The van der Waals surface area contributed by atoms with Crippen molar-refractivity contribution in [2.75, 3.05) is 23.7 Å². The predicted molar refractivity (Wildman–Crippen MR) is 82.0 cm³/mol. The highest BCUT2D eigenvalue weighted by Crippen LogP contribution is 2.30. The van der Waals surface area contributed by atoms with Crippen molar-refractivity contribution < 1.29 is 4.39 Å². The molecule has 4 heteroatoms. The van der Waals surface area contributed by atoms with Crippen LogP contribution in [0.2, 0.25) is 0 Å². The monoisotopic (exact) mass is 277 g/mol. The molecule has 0 heterocycles. The lowest BCUT2D eigenvalue weighted by molar-refractivity contribution is 0.538. The molecule has 0 aliphatic rings. The van der Waals surface area contributed by atoms with E-state index in [1.807, 2.05) is 11.0 Å². The molecule has 0 saturated heterocycles. The van der Waals surface area contributed by atoms with E-state index < -0.39 is 0 Å². The number of anilines is 2. The van der Waals surface area contributed by atoms with Crippen molar-refractivity contribution >= 4 is 11.4 Å². The third-order valence-corrected chi connectivity index (χ3v) is 2.92. The molecule has 1 rings (SSSR count). The van der Waals surface area contributed by atoms with Gasteiger partial charge in [0.2, 0.25) is 0 Å². The summed E-state index contributed by atoms with van der Waals surface area (Å²) in [7, 11) is 0. The molecule has 0 unspecified atom stereocenters. The summed E-state index contributed by atoms with van der Waals surface area (Å²) in [6.07, 6.45) is 0.176. The van der Waals surface area contributed by atoms with E-state index in [1.165, 1.54) is 6.07 Å². The average Bonchev–Trinajstić information content (AvgIpc) is 2.26. The molecule has 3 nitrogen and oxygen atoms in total. The first-order chi connectivity index (χ1) is 9.35. The zero-order chi connectivity index (χ0) is 15.3. The lowest BCUT2D eigenvalue weighted by Crippen LogP contribution is -2.32. The van der Waals surface area contributed by atoms with Crippen LogP contribution >= 0.6 is 0 Å². The summed E-state index contributed by atoms with van der Waals surface area (Å²) in [4.78, 5) is 2.01. The fourth-order valence-corrected chi connectivity index (χ4v) is 2.34. The number of hydrogen-bond donors (Lipinski definition) is 1. The molecule has 0 atom stereocenters. The fourth-order valence-electron chi connectivity index (χ4n) is 2.34. The standard InChI is InChI=1S/C16H24FN3/c1-11(2)9-20(10-12(3)4)16-14(17)7-13(5-6-18)8-15(16)19/h7-8,11-12H,5,9-10,19H2,1-4H3. The minimum atomic E-state index is -0.337. The van der Waals surface area contributed by atoms with Crippen LogP contribution in [-0.2, 0) is 6.42 Å². The Labute approximate surface area is 121 Å². The Bertz CT molecular complexity index is 456. The number of nitrogens with zero attached hydrogens (tertiary/aromatic N) is 2. The van der Waals surface area contributed by atoms with Crippen molar-refractivity contribution in [2.24, 2.45) is 11.8 Å². The number of benzene rings is 1. The summed E-state index contributed by atoms with van der Waals surface area (Å²) in [5.41, 5.74) is 7.52. The Morgan fingerprint density at radius 1 is 1.20 bits per heavy atom. The molecule has 0 aliphatic heterocycles. The molecule has 2 N–H and O–H groups in total.